The average molecular weight is 403 g/mol. The van der Waals surface area contributed by atoms with Gasteiger partial charge in [0.1, 0.15) is 12.3 Å². The van der Waals surface area contributed by atoms with Crippen molar-refractivity contribution >= 4 is 28.4 Å². The monoisotopic (exact) mass is 403 g/mol. The van der Waals surface area contributed by atoms with Crippen LogP contribution in [-0.4, -0.2) is 47.9 Å². The topological polar surface area (TPSA) is 62.7 Å². The summed E-state index contributed by atoms with van der Waals surface area (Å²) >= 11 is 0. The third-order valence-corrected chi connectivity index (χ3v) is 5.46. The number of amides is 2. The van der Waals surface area contributed by atoms with Crippen LogP contribution in [0.4, 0.5) is 5.69 Å². The van der Waals surface area contributed by atoms with E-state index in [4.69, 9.17) is 4.74 Å². The van der Waals surface area contributed by atoms with Gasteiger partial charge in [-0.25, -0.2) is 0 Å². The van der Waals surface area contributed by atoms with Crippen LogP contribution in [0.2, 0.25) is 0 Å². The number of aryl methyl sites for hydroxylation is 2. The van der Waals surface area contributed by atoms with Crippen LogP contribution in [0.3, 0.4) is 0 Å². The van der Waals surface area contributed by atoms with Gasteiger partial charge in [-0.3, -0.25) is 14.6 Å². The lowest BCUT2D eigenvalue weighted by Gasteiger charge is -2.39. The lowest BCUT2D eigenvalue weighted by molar-refractivity contribution is -0.121. The van der Waals surface area contributed by atoms with Crippen LogP contribution >= 0.6 is 0 Å². The normalized spacial score (nSPS) is 16.8. The van der Waals surface area contributed by atoms with E-state index in [1.807, 2.05) is 69.3 Å². The Hall–Kier alpha value is -3.41. The standard InChI is InChI=1S/C24H25N3O3/c1-15-8-9-22-20(10-15)21(11-16(2)25-22)24(29)26-13-17(3)27(23(28)14-26)18-6-5-7-19(12-18)30-4/h5-12,17H,13-14H2,1-4H3/t17-/m0/s1. The lowest BCUT2D eigenvalue weighted by atomic mass is 10.0. The minimum Gasteiger partial charge on any atom is -0.497 e. The van der Waals surface area contributed by atoms with Crippen molar-refractivity contribution in [2.45, 2.75) is 26.8 Å². The van der Waals surface area contributed by atoms with Crippen LogP contribution in [0.25, 0.3) is 10.9 Å². The van der Waals surface area contributed by atoms with Crippen molar-refractivity contribution < 1.29 is 14.3 Å². The molecule has 1 aliphatic rings. The van der Waals surface area contributed by atoms with Crippen molar-refractivity contribution in [3.8, 4) is 5.75 Å². The van der Waals surface area contributed by atoms with E-state index in [1.54, 1.807) is 16.9 Å². The molecular weight excluding hydrogens is 378 g/mol. The van der Waals surface area contributed by atoms with E-state index < -0.39 is 0 Å². The Morgan fingerprint density at radius 2 is 1.93 bits per heavy atom. The molecule has 6 nitrogen and oxygen atoms in total. The van der Waals surface area contributed by atoms with E-state index in [0.717, 1.165) is 27.8 Å². The fourth-order valence-electron chi connectivity index (χ4n) is 4.08. The molecule has 6 heteroatoms. The third-order valence-electron chi connectivity index (χ3n) is 5.46. The van der Waals surface area contributed by atoms with Crippen LogP contribution in [0.15, 0.2) is 48.5 Å². The second-order valence-electron chi connectivity index (χ2n) is 7.83. The van der Waals surface area contributed by atoms with E-state index >= 15 is 0 Å². The molecule has 2 amide bonds. The van der Waals surface area contributed by atoms with E-state index in [1.165, 1.54) is 0 Å². The molecule has 4 rings (SSSR count). The van der Waals surface area contributed by atoms with Crippen LogP contribution in [0.5, 0.6) is 5.75 Å². The Labute approximate surface area is 176 Å². The van der Waals surface area contributed by atoms with E-state index in [9.17, 15) is 9.59 Å². The van der Waals surface area contributed by atoms with Crippen molar-refractivity contribution in [3.63, 3.8) is 0 Å². The lowest BCUT2D eigenvalue weighted by Crippen LogP contribution is -2.57. The summed E-state index contributed by atoms with van der Waals surface area (Å²) in [6.07, 6.45) is 0. The smallest absolute Gasteiger partial charge is 0.255 e. The molecule has 0 saturated carbocycles. The van der Waals surface area contributed by atoms with Gasteiger partial charge in [-0.1, -0.05) is 17.7 Å². The molecule has 0 bridgehead atoms. The van der Waals surface area contributed by atoms with Gasteiger partial charge in [0.2, 0.25) is 5.91 Å². The summed E-state index contributed by atoms with van der Waals surface area (Å²) in [6, 6.07) is 15.0. The Bertz CT molecular complexity index is 1140. The van der Waals surface area contributed by atoms with Gasteiger partial charge in [0.15, 0.2) is 0 Å². The van der Waals surface area contributed by atoms with Crippen molar-refractivity contribution in [2.24, 2.45) is 0 Å². The highest BCUT2D eigenvalue weighted by Gasteiger charge is 2.34. The molecule has 0 unspecified atom stereocenters. The van der Waals surface area contributed by atoms with Gasteiger partial charge in [-0.15, -0.1) is 0 Å². The first-order chi connectivity index (χ1) is 14.4. The number of carbonyl (C=O) groups is 2. The van der Waals surface area contributed by atoms with E-state index in [2.05, 4.69) is 4.98 Å². The number of hydrogen-bond acceptors (Lipinski definition) is 4. The van der Waals surface area contributed by atoms with Gasteiger partial charge >= 0.3 is 0 Å². The molecule has 3 aromatic rings. The maximum atomic E-state index is 13.4. The maximum Gasteiger partial charge on any atom is 0.255 e. The number of anilines is 1. The van der Waals surface area contributed by atoms with Gasteiger partial charge in [0.25, 0.3) is 5.91 Å². The fraction of sp³-hybridized carbons (Fsp3) is 0.292. The number of fused-ring (bicyclic) bond motifs is 1. The second kappa shape index (κ2) is 7.78. The van der Waals surface area contributed by atoms with Crippen molar-refractivity contribution in [2.75, 3.05) is 25.1 Å². The summed E-state index contributed by atoms with van der Waals surface area (Å²) in [5.74, 6) is 0.448. The average Bonchev–Trinajstić information content (AvgIpc) is 2.72. The molecule has 1 aliphatic heterocycles. The number of nitrogens with zero attached hydrogens (tertiary/aromatic N) is 3. The van der Waals surface area contributed by atoms with Crippen molar-refractivity contribution in [3.05, 3.63) is 65.4 Å². The summed E-state index contributed by atoms with van der Waals surface area (Å²) < 4.78 is 5.29. The Balaban J connectivity index is 1.64. The molecule has 0 N–H and O–H groups in total. The number of piperazine rings is 1. The molecule has 154 valence electrons. The maximum absolute atomic E-state index is 13.4. The SMILES string of the molecule is COc1cccc(N2C(=O)CN(C(=O)c3cc(C)nc4ccc(C)cc34)C[C@@H]2C)c1. The number of carbonyl (C=O) groups excluding carboxylic acids is 2. The summed E-state index contributed by atoms with van der Waals surface area (Å²) in [5.41, 5.74) is 4.01. The molecule has 1 atom stereocenters. The van der Waals surface area contributed by atoms with Crippen LogP contribution in [0, 0.1) is 13.8 Å². The van der Waals surface area contributed by atoms with Gasteiger partial charge in [-0.05, 0) is 51.1 Å². The first kappa shape index (κ1) is 19.9. The van der Waals surface area contributed by atoms with Gasteiger partial charge in [0.05, 0.1) is 24.2 Å². The van der Waals surface area contributed by atoms with Crippen molar-refractivity contribution in [1.82, 2.24) is 9.88 Å². The first-order valence-electron chi connectivity index (χ1n) is 10.0. The van der Waals surface area contributed by atoms with E-state index in [0.29, 0.717) is 17.9 Å². The quantitative estimate of drug-likeness (QED) is 0.668. The number of rotatable bonds is 3. The summed E-state index contributed by atoms with van der Waals surface area (Å²) in [5, 5.41) is 0.820. The molecular formula is C24H25N3O3. The molecule has 1 aromatic heterocycles. The Morgan fingerprint density at radius 3 is 2.67 bits per heavy atom. The summed E-state index contributed by atoms with van der Waals surface area (Å²) in [6.45, 7) is 6.32. The van der Waals surface area contributed by atoms with Crippen molar-refractivity contribution in [1.29, 1.82) is 0 Å². The zero-order valence-electron chi connectivity index (χ0n) is 17.7. The number of hydrogen-bond donors (Lipinski definition) is 0. The van der Waals surface area contributed by atoms with Crippen LogP contribution < -0.4 is 9.64 Å². The second-order valence-corrected chi connectivity index (χ2v) is 7.83. The molecule has 0 aliphatic carbocycles. The summed E-state index contributed by atoms with van der Waals surface area (Å²) in [7, 11) is 1.60. The first-order valence-corrected chi connectivity index (χ1v) is 10.0. The minimum atomic E-state index is -0.154. The number of methoxy groups -OCH3 is 1. The zero-order chi connectivity index (χ0) is 21.4. The zero-order valence-corrected chi connectivity index (χ0v) is 17.7. The van der Waals surface area contributed by atoms with Crippen LogP contribution in [0.1, 0.15) is 28.5 Å². The Kier molecular flexibility index (Phi) is 5.16. The Morgan fingerprint density at radius 1 is 1.13 bits per heavy atom. The van der Waals surface area contributed by atoms with Gasteiger partial charge in [-0.2, -0.15) is 0 Å². The van der Waals surface area contributed by atoms with Gasteiger partial charge < -0.3 is 14.5 Å². The minimum absolute atomic E-state index is 0.0368. The number of pyridine rings is 1. The predicted octanol–water partition coefficient (Wildman–Crippen LogP) is 3.74. The molecule has 0 radical (unpaired) electrons. The highest BCUT2D eigenvalue weighted by atomic mass is 16.5. The largest absolute Gasteiger partial charge is 0.497 e. The molecule has 30 heavy (non-hydrogen) atoms. The highest BCUT2D eigenvalue weighted by molar-refractivity contribution is 6.08. The number of benzene rings is 2. The number of aromatic nitrogens is 1. The predicted molar refractivity (Wildman–Crippen MR) is 117 cm³/mol. The van der Waals surface area contributed by atoms with Gasteiger partial charge in [0, 0.05) is 29.4 Å². The molecule has 1 fully saturated rings. The fourth-order valence-corrected chi connectivity index (χ4v) is 4.08. The van der Waals surface area contributed by atoms with E-state index in [-0.39, 0.29) is 24.4 Å². The molecule has 0 spiro atoms. The molecule has 2 heterocycles. The summed E-state index contributed by atoms with van der Waals surface area (Å²) in [4.78, 5) is 34.4. The third kappa shape index (κ3) is 3.61. The molecule has 1 saturated heterocycles. The number of ether oxygens (including phenoxy) is 1. The highest BCUT2D eigenvalue weighted by Crippen LogP contribution is 2.27. The molecule has 2 aromatic carbocycles. The van der Waals surface area contributed by atoms with Crippen LogP contribution in [-0.2, 0) is 4.79 Å².